The Morgan fingerprint density at radius 1 is 0.939 bits per heavy atom. The second-order valence-corrected chi connectivity index (χ2v) is 8.52. The molecule has 0 aliphatic carbocycles. The lowest BCUT2D eigenvalue weighted by Crippen LogP contribution is -2.60. The molecule has 0 bridgehead atoms. The van der Waals surface area contributed by atoms with Gasteiger partial charge < -0.3 is 43.4 Å². The number of rotatable bonds is 17. The zero-order valence-corrected chi connectivity index (χ0v) is 19.7. The number of carboxylic acids is 1. The van der Waals surface area contributed by atoms with Gasteiger partial charge in [0.05, 0.1) is 18.6 Å². The monoisotopic (exact) mass is 492 g/mol. The molecule has 5 unspecified atom stereocenters. The largest absolute Gasteiger partial charge is 0.480 e. The van der Waals surface area contributed by atoms with Crippen LogP contribution in [-0.2, 0) is 24.0 Å². The van der Waals surface area contributed by atoms with Crippen LogP contribution in [0.2, 0.25) is 0 Å². The number of hydrogen-bond donors (Lipinski definition) is 8. The Kier molecular flexibility index (Phi) is 15.0. The van der Waals surface area contributed by atoms with Gasteiger partial charge in [-0.3, -0.25) is 19.2 Å². The molecule has 0 saturated heterocycles. The maximum absolute atomic E-state index is 12.8. The van der Waals surface area contributed by atoms with E-state index in [0.29, 0.717) is 25.1 Å². The first-order chi connectivity index (χ1) is 15.4. The maximum Gasteiger partial charge on any atom is 0.326 e. The fourth-order valence-corrected chi connectivity index (χ4v) is 3.23. The normalized spacial score (nSPS) is 15.4. The van der Waals surface area contributed by atoms with Gasteiger partial charge >= 0.3 is 5.97 Å². The van der Waals surface area contributed by atoms with Gasteiger partial charge in [-0.1, -0.05) is 0 Å². The van der Waals surface area contributed by atoms with Gasteiger partial charge in [-0.15, -0.1) is 0 Å². The van der Waals surface area contributed by atoms with Crippen molar-refractivity contribution < 1.29 is 34.2 Å². The number of amides is 4. The van der Waals surface area contributed by atoms with Crippen LogP contribution in [0.15, 0.2) is 0 Å². The maximum atomic E-state index is 12.8. The third-order valence-electron chi connectivity index (χ3n) is 4.63. The lowest BCUT2D eigenvalue weighted by molar-refractivity contribution is -0.143. The number of unbranched alkanes of at least 4 members (excludes halogenated alkanes) is 1. The minimum absolute atomic E-state index is 0.128. The molecule has 33 heavy (non-hydrogen) atoms. The summed E-state index contributed by atoms with van der Waals surface area (Å²) >= 11 is 1.41. The van der Waals surface area contributed by atoms with E-state index in [4.69, 9.17) is 17.2 Å². The minimum atomic E-state index is -1.47. The van der Waals surface area contributed by atoms with E-state index in [2.05, 4.69) is 16.0 Å². The van der Waals surface area contributed by atoms with Gasteiger partial charge in [-0.25, -0.2) is 4.79 Å². The smallest absolute Gasteiger partial charge is 0.326 e. The Labute approximate surface area is 196 Å². The van der Waals surface area contributed by atoms with Crippen LogP contribution in [0.25, 0.3) is 0 Å². The second-order valence-electron chi connectivity index (χ2n) is 7.53. The fourth-order valence-electron chi connectivity index (χ4n) is 2.76. The Bertz CT molecular complexity index is 679. The summed E-state index contributed by atoms with van der Waals surface area (Å²) in [5, 5.41) is 26.4. The van der Waals surface area contributed by atoms with Crippen molar-refractivity contribution in [3.63, 3.8) is 0 Å². The first-order valence-corrected chi connectivity index (χ1v) is 11.9. The Hall–Kier alpha value is -2.42. The summed E-state index contributed by atoms with van der Waals surface area (Å²) in [4.78, 5) is 60.1. The highest BCUT2D eigenvalue weighted by atomic mass is 32.2. The van der Waals surface area contributed by atoms with Crippen LogP contribution >= 0.6 is 11.8 Å². The molecule has 0 saturated carbocycles. The molecule has 0 aliphatic rings. The van der Waals surface area contributed by atoms with Crippen LogP contribution in [0.1, 0.15) is 39.0 Å². The summed E-state index contributed by atoms with van der Waals surface area (Å²) in [5.74, 6) is -4.02. The number of aliphatic hydroxyl groups is 1. The molecule has 11 N–H and O–H groups in total. The number of hydrogen-bond acceptors (Lipinski definition) is 9. The number of nitrogens with two attached hydrogens (primary N) is 3. The number of carboxylic acid groups (broad SMARTS) is 1. The van der Waals surface area contributed by atoms with Crippen LogP contribution in [0.3, 0.4) is 0 Å². The number of carbonyl (C=O) groups is 5. The van der Waals surface area contributed by atoms with Gasteiger partial charge in [0.1, 0.15) is 18.1 Å². The third kappa shape index (κ3) is 12.4. The van der Waals surface area contributed by atoms with Crippen molar-refractivity contribution in [3.05, 3.63) is 0 Å². The summed E-state index contributed by atoms with van der Waals surface area (Å²) in [6.45, 7) is 1.63. The predicted octanol–water partition coefficient (Wildman–Crippen LogP) is -3.01. The summed E-state index contributed by atoms with van der Waals surface area (Å²) < 4.78 is 0. The van der Waals surface area contributed by atoms with Crippen molar-refractivity contribution in [3.8, 4) is 0 Å². The van der Waals surface area contributed by atoms with Crippen LogP contribution < -0.4 is 33.2 Å². The van der Waals surface area contributed by atoms with Crippen molar-refractivity contribution in [2.45, 2.75) is 69.3 Å². The molecule has 0 spiro atoms. The van der Waals surface area contributed by atoms with E-state index in [-0.39, 0.29) is 12.8 Å². The van der Waals surface area contributed by atoms with Crippen molar-refractivity contribution in [1.29, 1.82) is 0 Å². The molecular weight excluding hydrogens is 456 g/mol. The second kappa shape index (κ2) is 16.2. The zero-order chi connectivity index (χ0) is 25.6. The molecular formula is C19H36N6O7S. The highest BCUT2D eigenvalue weighted by Crippen LogP contribution is 2.06. The van der Waals surface area contributed by atoms with Crippen molar-refractivity contribution in [1.82, 2.24) is 16.0 Å². The molecule has 0 aromatic rings. The molecule has 0 rings (SSSR count). The topological polar surface area (TPSA) is 240 Å². The Morgan fingerprint density at radius 2 is 1.55 bits per heavy atom. The number of aliphatic hydroxyl groups excluding tert-OH is 1. The molecule has 0 aliphatic heterocycles. The first-order valence-electron chi connectivity index (χ1n) is 10.5. The lowest BCUT2D eigenvalue weighted by atomic mass is 10.1. The molecule has 14 heteroatoms. The van der Waals surface area contributed by atoms with Crippen molar-refractivity contribution in [2.24, 2.45) is 17.2 Å². The van der Waals surface area contributed by atoms with Crippen LogP contribution in [0, 0.1) is 0 Å². The van der Waals surface area contributed by atoms with Gasteiger partial charge in [-0.2, -0.15) is 11.8 Å². The number of carbonyl (C=O) groups excluding carboxylic acids is 4. The minimum Gasteiger partial charge on any atom is -0.480 e. The third-order valence-corrected chi connectivity index (χ3v) is 5.27. The standard InChI is InChI=1S/C19H36N6O7S/c1-10(26)15(18(30)24-13(19(31)32)5-3-4-7-20)25-17(29)12(6-8-33-2)23-16(28)11(21)9-14(22)27/h10-13,15,26H,3-9,20-21H2,1-2H3,(H2,22,27)(H,23,28)(H,24,30)(H,25,29)(H,31,32). The predicted molar refractivity (Wildman–Crippen MR) is 123 cm³/mol. The van der Waals surface area contributed by atoms with Gasteiger partial charge in [0, 0.05) is 0 Å². The first kappa shape index (κ1) is 30.6. The van der Waals surface area contributed by atoms with Crippen molar-refractivity contribution in [2.75, 3.05) is 18.6 Å². The number of aliphatic carboxylic acids is 1. The molecule has 190 valence electrons. The summed E-state index contributed by atoms with van der Waals surface area (Å²) in [6, 6.07) is -5.06. The summed E-state index contributed by atoms with van der Waals surface area (Å²) in [7, 11) is 0. The number of nitrogens with one attached hydrogen (secondary N) is 3. The quantitative estimate of drug-likeness (QED) is 0.0956. The highest BCUT2D eigenvalue weighted by Gasteiger charge is 2.32. The average Bonchev–Trinajstić information content (AvgIpc) is 2.72. The van der Waals surface area contributed by atoms with E-state index in [0.717, 1.165) is 0 Å². The van der Waals surface area contributed by atoms with Gasteiger partial charge in [-0.05, 0) is 51.2 Å². The van der Waals surface area contributed by atoms with Crippen LogP contribution in [-0.4, -0.2) is 88.6 Å². The Morgan fingerprint density at radius 3 is 2.03 bits per heavy atom. The molecule has 0 heterocycles. The van der Waals surface area contributed by atoms with E-state index in [1.165, 1.54) is 18.7 Å². The molecule has 4 amide bonds. The van der Waals surface area contributed by atoms with E-state index in [1.807, 2.05) is 0 Å². The highest BCUT2D eigenvalue weighted by molar-refractivity contribution is 7.98. The number of primary amides is 1. The van der Waals surface area contributed by atoms with Gasteiger partial charge in [0.2, 0.25) is 23.6 Å². The fraction of sp³-hybridized carbons (Fsp3) is 0.737. The van der Waals surface area contributed by atoms with Gasteiger partial charge in [0.15, 0.2) is 0 Å². The van der Waals surface area contributed by atoms with Crippen molar-refractivity contribution >= 4 is 41.4 Å². The lowest BCUT2D eigenvalue weighted by Gasteiger charge is -2.26. The number of thioether (sulfide) groups is 1. The van der Waals surface area contributed by atoms with E-state index in [1.54, 1.807) is 6.26 Å². The summed E-state index contributed by atoms with van der Waals surface area (Å²) in [6.07, 6.45) is 1.36. The molecule has 5 atom stereocenters. The molecule has 13 nitrogen and oxygen atoms in total. The average molecular weight is 493 g/mol. The Balaban J connectivity index is 5.33. The molecule has 0 radical (unpaired) electrons. The molecule has 0 aromatic heterocycles. The summed E-state index contributed by atoms with van der Waals surface area (Å²) in [5.41, 5.74) is 16.0. The van der Waals surface area contributed by atoms with Crippen LogP contribution in [0.5, 0.6) is 0 Å². The van der Waals surface area contributed by atoms with Crippen LogP contribution in [0.4, 0.5) is 0 Å². The van der Waals surface area contributed by atoms with E-state index < -0.39 is 66.3 Å². The molecule has 0 aromatic carbocycles. The van der Waals surface area contributed by atoms with E-state index in [9.17, 15) is 34.2 Å². The zero-order valence-electron chi connectivity index (χ0n) is 18.9. The molecule has 0 fully saturated rings. The van der Waals surface area contributed by atoms with Gasteiger partial charge in [0.25, 0.3) is 0 Å². The van der Waals surface area contributed by atoms with E-state index >= 15 is 0 Å². The SMILES string of the molecule is CSCCC(NC(=O)C(N)CC(N)=O)C(=O)NC(C(=O)NC(CCCCN)C(=O)O)C(C)O.